The fraction of sp³-hybridized carbons (Fsp3) is 0.269. The van der Waals surface area contributed by atoms with Crippen molar-refractivity contribution in [1.82, 2.24) is 20.6 Å². The van der Waals surface area contributed by atoms with E-state index in [9.17, 15) is 19.5 Å². The third-order valence-electron chi connectivity index (χ3n) is 5.88. The highest BCUT2D eigenvalue weighted by Gasteiger charge is 2.29. The number of carbonyl (C=O) groups excluding carboxylic acids is 2. The maximum Gasteiger partial charge on any atom is 0.407 e. The van der Waals surface area contributed by atoms with E-state index in [1.807, 2.05) is 43.3 Å². The molecule has 0 spiro atoms. The van der Waals surface area contributed by atoms with Crippen LogP contribution < -0.4 is 10.6 Å². The summed E-state index contributed by atoms with van der Waals surface area (Å²) in [6.45, 7) is 2.05. The molecule has 9 heteroatoms. The Morgan fingerprint density at radius 2 is 1.60 bits per heavy atom. The number of aliphatic carboxylic acids is 1. The summed E-state index contributed by atoms with van der Waals surface area (Å²) in [5.74, 6) is -1.41. The Morgan fingerprint density at radius 1 is 1.00 bits per heavy atom. The van der Waals surface area contributed by atoms with E-state index in [2.05, 4.69) is 32.7 Å². The lowest BCUT2D eigenvalue weighted by molar-refractivity contribution is -0.139. The molecule has 0 fully saturated rings. The minimum Gasteiger partial charge on any atom is -0.480 e. The van der Waals surface area contributed by atoms with Crippen LogP contribution in [0.3, 0.4) is 0 Å². The molecule has 0 saturated heterocycles. The van der Waals surface area contributed by atoms with Gasteiger partial charge in [-0.15, -0.1) is 0 Å². The van der Waals surface area contributed by atoms with Gasteiger partial charge in [0.15, 0.2) is 0 Å². The minimum absolute atomic E-state index is 0.0200. The number of rotatable bonds is 9. The third-order valence-corrected chi connectivity index (χ3v) is 5.88. The average Bonchev–Trinajstić information content (AvgIpc) is 3.20. The van der Waals surface area contributed by atoms with Crippen LogP contribution in [-0.2, 0) is 16.1 Å². The van der Waals surface area contributed by atoms with Gasteiger partial charge in [0.2, 0.25) is 0 Å². The minimum atomic E-state index is -1.09. The van der Waals surface area contributed by atoms with Gasteiger partial charge < -0.3 is 20.5 Å². The Balaban J connectivity index is 1.30. The average molecular weight is 475 g/mol. The lowest BCUT2D eigenvalue weighted by atomic mass is 9.98. The van der Waals surface area contributed by atoms with Crippen molar-refractivity contribution in [3.63, 3.8) is 0 Å². The molecule has 1 heterocycles. The van der Waals surface area contributed by atoms with Gasteiger partial charge in [0.25, 0.3) is 5.91 Å². The SMILES string of the molecule is CCC[C@@H](NC(=O)c1cnc(CNC(=O)OCC2c3ccccc3-c3ccccc32)nc1)C(=O)O. The Hall–Kier alpha value is -4.27. The van der Waals surface area contributed by atoms with Crippen molar-refractivity contribution < 1.29 is 24.2 Å². The predicted molar refractivity (Wildman–Crippen MR) is 128 cm³/mol. The van der Waals surface area contributed by atoms with Gasteiger partial charge in [-0.25, -0.2) is 19.6 Å². The van der Waals surface area contributed by atoms with E-state index >= 15 is 0 Å². The molecule has 1 aromatic heterocycles. The molecule has 35 heavy (non-hydrogen) atoms. The zero-order valence-electron chi connectivity index (χ0n) is 19.2. The number of aromatic nitrogens is 2. The number of amides is 2. The van der Waals surface area contributed by atoms with E-state index in [-0.39, 0.29) is 24.6 Å². The van der Waals surface area contributed by atoms with E-state index in [0.29, 0.717) is 18.7 Å². The highest BCUT2D eigenvalue weighted by Crippen LogP contribution is 2.44. The van der Waals surface area contributed by atoms with Crippen LogP contribution in [0.15, 0.2) is 60.9 Å². The first-order chi connectivity index (χ1) is 17.0. The molecule has 3 aromatic rings. The molecule has 2 aromatic carbocycles. The van der Waals surface area contributed by atoms with Crippen molar-refractivity contribution in [3.05, 3.63) is 83.4 Å². The maximum absolute atomic E-state index is 12.3. The Kier molecular flexibility index (Phi) is 7.35. The highest BCUT2D eigenvalue weighted by molar-refractivity contribution is 5.96. The van der Waals surface area contributed by atoms with Crippen LogP contribution in [0.4, 0.5) is 4.79 Å². The molecule has 0 aliphatic heterocycles. The van der Waals surface area contributed by atoms with Crippen LogP contribution in [-0.4, -0.2) is 45.7 Å². The third kappa shape index (κ3) is 5.46. The molecule has 180 valence electrons. The Bertz CT molecular complexity index is 1180. The fourth-order valence-electron chi connectivity index (χ4n) is 4.15. The summed E-state index contributed by atoms with van der Waals surface area (Å²) in [4.78, 5) is 43.9. The maximum atomic E-state index is 12.3. The standard InChI is InChI=1S/C26H26N4O5/c1-2-7-22(25(32)33)30-24(31)16-12-27-23(28-13-16)14-29-26(34)35-15-21-19-10-5-3-8-17(19)18-9-4-6-11-20(18)21/h3-6,8-13,21-22H,2,7,14-15H2,1H3,(H,29,34)(H,30,31)(H,32,33)/t22-/m1/s1. The van der Waals surface area contributed by atoms with Gasteiger partial charge in [0.05, 0.1) is 12.1 Å². The van der Waals surface area contributed by atoms with Crippen molar-refractivity contribution in [2.45, 2.75) is 38.3 Å². The molecule has 1 atom stereocenters. The van der Waals surface area contributed by atoms with Gasteiger partial charge in [-0.3, -0.25) is 4.79 Å². The lowest BCUT2D eigenvalue weighted by Crippen LogP contribution is -2.40. The summed E-state index contributed by atoms with van der Waals surface area (Å²) in [7, 11) is 0. The predicted octanol–water partition coefficient (Wildman–Crippen LogP) is 3.50. The quantitative estimate of drug-likeness (QED) is 0.433. The monoisotopic (exact) mass is 474 g/mol. The van der Waals surface area contributed by atoms with Gasteiger partial charge in [-0.05, 0) is 28.7 Å². The van der Waals surface area contributed by atoms with E-state index in [0.717, 1.165) is 22.3 Å². The second-order valence-electron chi connectivity index (χ2n) is 8.22. The molecule has 3 N–H and O–H groups in total. The van der Waals surface area contributed by atoms with Gasteiger partial charge in [-0.2, -0.15) is 0 Å². The molecule has 4 rings (SSSR count). The normalized spacial score (nSPS) is 12.8. The molecule has 1 aliphatic carbocycles. The molecule has 1 aliphatic rings. The van der Waals surface area contributed by atoms with E-state index in [1.54, 1.807) is 0 Å². The number of fused-ring (bicyclic) bond motifs is 3. The molecular formula is C26H26N4O5. The van der Waals surface area contributed by atoms with Gasteiger partial charge in [0, 0.05) is 18.3 Å². The Labute approximate surface area is 202 Å². The molecule has 0 radical (unpaired) electrons. The fourth-order valence-corrected chi connectivity index (χ4v) is 4.15. The summed E-state index contributed by atoms with van der Waals surface area (Å²) in [6.07, 6.45) is 2.93. The number of carboxylic acid groups (broad SMARTS) is 1. The van der Waals surface area contributed by atoms with Crippen molar-refractivity contribution in [3.8, 4) is 11.1 Å². The van der Waals surface area contributed by atoms with Crippen LogP contribution in [0.5, 0.6) is 0 Å². The van der Waals surface area contributed by atoms with Crippen molar-refractivity contribution >= 4 is 18.0 Å². The molecule has 0 bridgehead atoms. The smallest absolute Gasteiger partial charge is 0.407 e. The van der Waals surface area contributed by atoms with E-state index in [1.165, 1.54) is 12.4 Å². The molecule has 0 unspecified atom stereocenters. The van der Waals surface area contributed by atoms with Gasteiger partial charge >= 0.3 is 12.1 Å². The van der Waals surface area contributed by atoms with Crippen molar-refractivity contribution in [2.75, 3.05) is 6.61 Å². The van der Waals surface area contributed by atoms with Crippen LogP contribution >= 0.6 is 0 Å². The first-order valence-electron chi connectivity index (χ1n) is 11.4. The van der Waals surface area contributed by atoms with Crippen LogP contribution in [0, 0.1) is 0 Å². The number of benzene rings is 2. The molecule has 9 nitrogen and oxygen atoms in total. The lowest BCUT2D eigenvalue weighted by Gasteiger charge is -2.14. The summed E-state index contributed by atoms with van der Waals surface area (Å²) < 4.78 is 5.49. The number of hydrogen-bond acceptors (Lipinski definition) is 6. The number of carboxylic acids is 1. The molecule has 2 amide bonds. The number of carbonyl (C=O) groups is 3. The van der Waals surface area contributed by atoms with Crippen LogP contribution in [0.25, 0.3) is 11.1 Å². The summed E-state index contributed by atoms with van der Waals surface area (Å²) in [5, 5.41) is 14.2. The first kappa shape index (κ1) is 23.9. The summed E-state index contributed by atoms with van der Waals surface area (Å²) in [6, 6.07) is 15.2. The summed E-state index contributed by atoms with van der Waals surface area (Å²) in [5.41, 5.74) is 4.70. The van der Waals surface area contributed by atoms with Crippen molar-refractivity contribution in [2.24, 2.45) is 0 Å². The number of nitrogens with zero attached hydrogens (tertiary/aromatic N) is 2. The zero-order valence-corrected chi connectivity index (χ0v) is 19.2. The second-order valence-corrected chi connectivity index (χ2v) is 8.22. The topological polar surface area (TPSA) is 131 Å². The summed E-state index contributed by atoms with van der Waals surface area (Å²) >= 11 is 0. The highest BCUT2D eigenvalue weighted by atomic mass is 16.5. The second kappa shape index (κ2) is 10.8. The van der Waals surface area contributed by atoms with Crippen LogP contribution in [0.1, 0.15) is 53.0 Å². The molecular weight excluding hydrogens is 448 g/mol. The number of hydrogen-bond donors (Lipinski definition) is 3. The Morgan fingerprint density at radius 3 is 2.17 bits per heavy atom. The largest absolute Gasteiger partial charge is 0.480 e. The van der Waals surface area contributed by atoms with Gasteiger partial charge in [0.1, 0.15) is 18.5 Å². The first-order valence-corrected chi connectivity index (χ1v) is 11.4. The number of ether oxygens (including phenoxy) is 1. The number of nitrogens with one attached hydrogen (secondary N) is 2. The molecule has 0 saturated carbocycles. The van der Waals surface area contributed by atoms with E-state index < -0.39 is 24.0 Å². The zero-order chi connectivity index (χ0) is 24.8. The number of alkyl carbamates (subject to hydrolysis) is 1. The van der Waals surface area contributed by atoms with E-state index in [4.69, 9.17) is 4.74 Å². The van der Waals surface area contributed by atoms with Gasteiger partial charge in [-0.1, -0.05) is 61.9 Å². The van der Waals surface area contributed by atoms with Crippen molar-refractivity contribution in [1.29, 1.82) is 0 Å². The van der Waals surface area contributed by atoms with Crippen LogP contribution in [0.2, 0.25) is 0 Å².